The Morgan fingerprint density at radius 1 is 0.882 bits per heavy atom. The van der Waals surface area contributed by atoms with Gasteiger partial charge in [-0.05, 0) is 67.4 Å². The fourth-order valence-electron chi connectivity index (χ4n) is 3.39. The van der Waals surface area contributed by atoms with Crippen LogP contribution in [-0.2, 0) is 11.8 Å². The lowest BCUT2D eigenvalue weighted by Gasteiger charge is -2.10. The van der Waals surface area contributed by atoms with Crippen LogP contribution in [0.1, 0.15) is 21.5 Å². The third-order valence-electron chi connectivity index (χ3n) is 5.48. The summed E-state index contributed by atoms with van der Waals surface area (Å²) in [6.07, 6.45) is 0. The minimum atomic E-state index is -0.162. The molecule has 0 saturated carbocycles. The van der Waals surface area contributed by atoms with Crippen molar-refractivity contribution in [3.8, 4) is 11.4 Å². The van der Waals surface area contributed by atoms with Gasteiger partial charge in [-0.2, -0.15) is 0 Å². The summed E-state index contributed by atoms with van der Waals surface area (Å²) in [7, 11) is 1.87. The summed E-state index contributed by atoms with van der Waals surface area (Å²) in [6.45, 7) is 4.01. The number of carbonyl (C=O) groups excluding carboxylic acids is 2. The summed E-state index contributed by atoms with van der Waals surface area (Å²) in [5.74, 6) is 0.647. The van der Waals surface area contributed by atoms with Crippen molar-refractivity contribution in [2.45, 2.75) is 19.0 Å². The molecular weight excluding hydrogens is 446 g/mol. The van der Waals surface area contributed by atoms with Crippen molar-refractivity contribution in [2.75, 3.05) is 16.4 Å². The number of anilines is 2. The molecule has 3 aromatic carbocycles. The Kier molecular flexibility index (Phi) is 7.08. The number of hydrogen-bond acceptors (Lipinski definition) is 5. The number of amides is 2. The van der Waals surface area contributed by atoms with Crippen LogP contribution in [0.15, 0.2) is 78.0 Å². The third kappa shape index (κ3) is 5.35. The van der Waals surface area contributed by atoms with E-state index < -0.39 is 0 Å². The fourth-order valence-corrected chi connectivity index (χ4v) is 4.10. The zero-order valence-corrected chi connectivity index (χ0v) is 20.0. The summed E-state index contributed by atoms with van der Waals surface area (Å²) in [5, 5.41) is 15.0. The molecule has 8 heteroatoms. The summed E-state index contributed by atoms with van der Waals surface area (Å²) in [4.78, 5) is 24.8. The van der Waals surface area contributed by atoms with Gasteiger partial charge in [0.2, 0.25) is 5.91 Å². The Balaban J connectivity index is 1.37. The molecule has 0 atom stereocenters. The molecule has 172 valence electrons. The fraction of sp³-hybridized carbons (Fsp3) is 0.154. The van der Waals surface area contributed by atoms with Crippen LogP contribution < -0.4 is 10.6 Å². The van der Waals surface area contributed by atoms with Gasteiger partial charge in [0.1, 0.15) is 0 Å². The second-order valence-corrected chi connectivity index (χ2v) is 8.79. The maximum Gasteiger partial charge on any atom is 0.255 e. The molecule has 0 aliphatic heterocycles. The minimum Gasteiger partial charge on any atom is -0.325 e. The second-order valence-electron chi connectivity index (χ2n) is 7.85. The highest BCUT2D eigenvalue weighted by Gasteiger charge is 2.14. The van der Waals surface area contributed by atoms with E-state index in [-0.39, 0.29) is 17.6 Å². The maximum absolute atomic E-state index is 12.4. The van der Waals surface area contributed by atoms with Gasteiger partial charge in [0, 0.05) is 29.5 Å². The molecule has 0 unspecified atom stereocenters. The molecule has 0 aliphatic carbocycles. The molecule has 0 radical (unpaired) electrons. The summed E-state index contributed by atoms with van der Waals surface area (Å²) < 4.78 is 1.85. The van der Waals surface area contributed by atoms with Crippen LogP contribution in [0.5, 0.6) is 0 Å². The molecular formula is C26H25N5O2S. The summed E-state index contributed by atoms with van der Waals surface area (Å²) in [5.41, 5.74) is 5.17. The van der Waals surface area contributed by atoms with Crippen molar-refractivity contribution in [1.82, 2.24) is 14.8 Å². The lowest BCUT2D eigenvalue weighted by atomic mass is 10.1. The van der Waals surface area contributed by atoms with Gasteiger partial charge in [0.05, 0.1) is 5.75 Å². The van der Waals surface area contributed by atoms with E-state index in [1.54, 1.807) is 12.1 Å². The first kappa shape index (κ1) is 23.3. The predicted octanol–water partition coefficient (Wildman–Crippen LogP) is 5.08. The van der Waals surface area contributed by atoms with Gasteiger partial charge >= 0.3 is 0 Å². The van der Waals surface area contributed by atoms with Gasteiger partial charge in [-0.25, -0.2) is 0 Å². The van der Waals surface area contributed by atoms with Gasteiger partial charge in [0.15, 0.2) is 11.0 Å². The van der Waals surface area contributed by atoms with Crippen LogP contribution in [0, 0.1) is 13.8 Å². The average molecular weight is 472 g/mol. The smallest absolute Gasteiger partial charge is 0.255 e. The van der Waals surface area contributed by atoms with E-state index in [0.717, 1.165) is 22.4 Å². The molecule has 2 N–H and O–H groups in total. The number of nitrogens with one attached hydrogen (secondary N) is 2. The molecule has 1 aromatic heterocycles. The lowest BCUT2D eigenvalue weighted by Crippen LogP contribution is -2.15. The van der Waals surface area contributed by atoms with Crippen LogP contribution in [0.25, 0.3) is 11.4 Å². The number of carbonyl (C=O) groups is 2. The standard InChI is InChI=1S/C26H25N5O2S/c1-17-8-7-11-22(18(17)2)28-23(32)16-34-26-30-29-24(31(26)3)19-12-14-21(15-13-19)27-25(33)20-9-5-4-6-10-20/h4-15H,16H2,1-3H3,(H,27,33)(H,28,32). The number of aryl methyl sites for hydroxylation is 1. The van der Waals surface area contributed by atoms with E-state index in [2.05, 4.69) is 20.8 Å². The molecule has 34 heavy (non-hydrogen) atoms. The second kappa shape index (κ2) is 10.4. The van der Waals surface area contributed by atoms with Crippen molar-refractivity contribution in [3.05, 3.63) is 89.5 Å². The number of aromatic nitrogens is 3. The Labute approximate surface area is 202 Å². The molecule has 0 saturated heterocycles. The van der Waals surface area contributed by atoms with Gasteiger partial charge in [-0.3, -0.25) is 9.59 Å². The monoisotopic (exact) mass is 471 g/mol. The van der Waals surface area contributed by atoms with Crippen LogP contribution in [0.4, 0.5) is 11.4 Å². The van der Waals surface area contributed by atoms with Gasteiger partial charge < -0.3 is 15.2 Å². The van der Waals surface area contributed by atoms with Crippen LogP contribution in [0.3, 0.4) is 0 Å². The van der Waals surface area contributed by atoms with Crippen molar-refractivity contribution in [2.24, 2.45) is 7.05 Å². The van der Waals surface area contributed by atoms with Crippen molar-refractivity contribution >= 4 is 35.0 Å². The zero-order chi connectivity index (χ0) is 24.1. The van der Waals surface area contributed by atoms with Crippen molar-refractivity contribution in [1.29, 1.82) is 0 Å². The molecule has 0 spiro atoms. The SMILES string of the molecule is Cc1cccc(NC(=O)CSc2nnc(-c3ccc(NC(=O)c4ccccc4)cc3)n2C)c1C. The Morgan fingerprint density at radius 2 is 1.62 bits per heavy atom. The Bertz CT molecular complexity index is 1320. The van der Waals surface area contributed by atoms with Gasteiger partial charge in [-0.15, -0.1) is 10.2 Å². The highest BCUT2D eigenvalue weighted by atomic mass is 32.2. The average Bonchev–Trinajstić information content (AvgIpc) is 3.22. The molecule has 2 amide bonds. The van der Waals surface area contributed by atoms with E-state index in [0.29, 0.717) is 22.2 Å². The molecule has 0 fully saturated rings. The quantitative estimate of drug-likeness (QED) is 0.367. The molecule has 7 nitrogen and oxygen atoms in total. The number of benzene rings is 3. The first-order valence-electron chi connectivity index (χ1n) is 10.8. The molecule has 4 rings (SSSR count). The van der Waals surface area contributed by atoms with Gasteiger partial charge in [-0.1, -0.05) is 42.1 Å². The van der Waals surface area contributed by atoms with Gasteiger partial charge in [0.25, 0.3) is 5.91 Å². The molecule has 0 aliphatic rings. The number of rotatable bonds is 7. The van der Waals surface area contributed by atoms with Crippen LogP contribution >= 0.6 is 11.8 Å². The number of thioether (sulfide) groups is 1. The first-order valence-corrected chi connectivity index (χ1v) is 11.8. The molecule has 4 aromatic rings. The zero-order valence-electron chi connectivity index (χ0n) is 19.2. The Morgan fingerprint density at radius 3 is 2.35 bits per heavy atom. The van der Waals surface area contributed by atoms with E-state index in [1.165, 1.54) is 11.8 Å². The van der Waals surface area contributed by atoms with E-state index >= 15 is 0 Å². The minimum absolute atomic E-state index is 0.0956. The number of nitrogens with zero attached hydrogens (tertiary/aromatic N) is 3. The van der Waals surface area contributed by atoms with Crippen LogP contribution in [-0.4, -0.2) is 32.3 Å². The van der Waals surface area contributed by atoms with E-state index in [1.807, 2.05) is 86.1 Å². The van der Waals surface area contributed by atoms with Crippen LogP contribution in [0.2, 0.25) is 0 Å². The van der Waals surface area contributed by atoms with E-state index in [4.69, 9.17) is 0 Å². The predicted molar refractivity (Wildman–Crippen MR) is 136 cm³/mol. The lowest BCUT2D eigenvalue weighted by molar-refractivity contribution is -0.113. The highest BCUT2D eigenvalue weighted by Crippen LogP contribution is 2.25. The molecule has 1 heterocycles. The normalized spacial score (nSPS) is 10.7. The summed E-state index contributed by atoms with van der Waals surface area (Å²) >= 11 is 1.33. The van der Waals surface area contributed by atoms with E-state index in [9.17, 15) is 9.59 Å². The first-order chi connectivity index (χ1) is 16.4. The maximum atomic E-state index is 12.4. The largest absolute Gasteiger partial charge is 0.325 e. The number of hydrogen-bond donors (Lipinski definition) is 2. The van der Waals surface area contributed by atoms with Crippen molar-refractivity contribution < 1.29 is 9.59 Å². The Hall–Kier alpha value is -3.91. The topological polar surface area (TPSA) is 88.9 Å². The highest BCUT2D eigenvalue weighted by molar-refractivity contribution is 7.99. The third-order valence-corrected chi connectivity index (χ3v) is 6.50. The van der Waals surface area contributed by atoms with Crippen molar-refractivity contribution in [3.63, 3.8) is 0 Å². The molecule has 0 bridgehead atoms. The summed E-state index contributed by atoms with van der Waals surface area (Å²) in [6, 6.07) is 22.3.